The fraction of sp³-hybridized carbons (Fsp3) is 0.545. The molecule has 1 aliphatic rings. The number of amides is 1. The van der Waals surface area contributed by atoms with Crippen molar-refractivity contribution in [1.82, 2.24) is 10.6 Å². The molecule has 0 saturated carbocycles. The van der Waals surface area contributed by atoms with Gasteiger partial charge in [0.1, 0.15) is 0 Å². The largest absolute Gasteiger partial charge is 0.351 e. The summed E-state index contributed by atoms with van der Waals surface area (Å²) in [4.78, 5) is 12.9. The lowest BCUT2D eigenvalue weighted by molar-refractivity contribution is -0.121. The number of hydrogen-bond acceptors (Lipinski definition) is 4. The minimum atomic E-state index is 0.130. The van der Waals surface area contributed by atoms with E-state index in [1.54, 1.807) is 11.3 Å². The van der Waals surface area contributed by atoms with Crippen molar-refractivity contribution in [2.45, 2.75) is 19.0 Å². The molecule has 0 spiro atoms. The summed E-state index contributed by atoms with van der Waals surface area (Å²) in [6, 6.07) is 2.34. The van der Waals surface area contributed by atoms with Gasteiger partial charge in [-0.25, -0.2) is 0 Å². The SMILES string of the molecule is O=C(CC1CSCCN1)NCc1sccc1Br. The van der Waals surface area contributed by atoms with E-state index in [0.717, 1.165) is 22.5 Å². The molecule has 1 aromatic heterocycles. The molecule has 0 radical (unpaired) electrons. The van der Waals surface area contributed by atoms with Crippen molar-refractivity contribution < 1.29 is 4.79 Å². The number of thioether (sulfide) groups is 1. The van der Waals surface area contributed by atoms with Crippen molar-refractivity contribution >= 4 is 44.9 Å². The number of thiophene rings is 1. The molecule has 2 rings (SSSR count). The van der Waals surface area contributed by atoms with Crippen molar-refractivity contribution in [2.24, 2.45) is 0 Å². The Hall–Kier alpha value is -0.0400. The Kier molecular flexibility index (Phi) is 5.34. The van der Waals surface area contributed by atoms with Crippen LogP contribution in [0.2, 0.25) is 0 Å². The predicted octanol–water partition coefficient (Wildman–Crippen LogP) is 2.22. The van der Waals surface area contributed by atoms with Gasteiger partial charge in [-0.15, -0.1) is 11.3 Å². The van der Waals surface area contributed by atoms with E-state index in [2.05, 4.69) is 26.6 Å². The van der Waals surface area contributed by atoms with E-state index in [-0.39, 0.29) is 5.91 Å². The molecule has 1 aliphatic heterocycles. The summed E-state index contributed by atoms with van der Waals surface area (Å²) in [5.74, 6) is 2.32. The molecule has 94 valence electrons. The number of nitrogens with one attached hydrogen (secondary N) is 2. The van der Waals surface area contributed by atoms with E-state index in [4.69, 9.17) is 0 Å². The third kappa shape index (κ3) is 4.28. The maximum Gasteiger partial charge on any atom is 0.221 e. The van der Waals surface area contributed by atoms with E-state index in [0.29, 0.717) is 19.0 Å². The fourth-order valence-corrected chi connectivity index (χ4v) is 4.06. The first-order valence-corrected chi connectivity index (χ1v) is 8.38. The highest BCUT2D eigenvalue weighted by molar-refractivity contribution is 9.10. The van der Waals surface area contributed by atoms with Gasteiger partial charge in [-0.3, -0.25) is 4.79 Å². The van der Waals surface area contributed by atoms with Gasteiger partial charge in [0.15, 0.2) is 0 Å². The average molecular weight is 335 g/mol. The summed E-state index contributed by atoms with van der Waals surface area (Å²) in [7, 11) is 0. The van der Waals surface area contributed by atoms with Gasteiger partial charge in [0.05, 0.1) is 6.54 Å². The minimum Gasteiger partial charge on any atom is -0.351 e. The van der Waals surface area contributed by atoms with Gasteiger partial charge in [-0.1, -0.05) is 0 Å². The smallest absolute Gasteiger partial charge is 0.221 e. The van der Waals surface area contributed by atoms with Crippen LogP contribution in [0.3, 0.4) is 0 Å². The van der Waals surface area contributed by atoms with E-state index in [1.807, 2.05) is 23.2 Å². The zero-order valence-electron chi connectivity index (χ0n) is 9.37. The highest BCUT2D eigenvalue weighted by atomic mass is 79.9. The van der Waals surface area contributed by atoms with Gasteiger partial charge < -0.3 is 10.6 Å². The summed E-state index contributed by atoms with van der Waals surface area (Å²) >= 11 is 7.03. The molecule has 0 aromatic carbocycles. The third-order valence-corrected chi connectivity index (χ3v) is 5.62. The number of carbonyl (C=O) groups excluding carboxylic acids is 1. The molecule has 1 atom stereocenters. The average Bonchev–Trinajstić information content (AvgIpc) is 2.74. The van der Waals surface area contributed by atoms with Crippen LogP contribution in [0.1, 0.15) is 11.3 Å². The van der Waals surface area contributed by atoms with E-state index >= 15 is 0 Å². The molecule has 1 amide bonds. The third-order valence-electron chi connectivity index (χ3n) is 2.57. The molecular formula is C11H15BrN2OS2. The molecule has 0 aliphatic carbocycles. The molecular weight excluding hydrogens is 320 g/mol. The lowest BCUT2D eigenvalue weighted by Crippen LogP contribution is -2.41. The quantitative estimate of drug-likeness (QED) is 0.887. The molecule has 1 saturated heterocycles. The summed E-state index contributed by atoms with van der Waals surface area (Å²) in [6.07, 6.45) is 0.579. The van der Waals surface area contributed by atoms with E-state index in [9.17, 15) is 4.79 Å². The van der Waals surface area contributed by atoms with Crippen LogP contribution in [-0.2, 0) is 11.3 Å². The normalized spacial score (nSPS) is 20.2. The Morgan fingerprint density at radius 3 is 3.18 bits per heavy atom. The van der Waals surface area contributed by atoms with Crippen molar-refractivity contribution in [3.8, 4) is 0 Å². The second-order valence-electron chi connectivity index (χ2n) is 3.90. The highest BCUT2D eigenvalue weighted by Gasteiger charge is 2.16. The standard InChI is InChI=1S/C11H15BrN2OS2/c12-9-1-3-17-10(9)6-14-11(15)5-8-7-16-4-2-13-8/h1,3,8,13H,2,4-7H2,(H,14,15). The minimum absolute atomic E-state index is 0.130. The lowest BCUT2D eigenvalue weighted by atomic mass is 10.2. The summed E-state index contributed by atoms with van der Waals surface area (Å²) in [6.45, 7) is 1.63. The molecule has 6 heteroatoms. The maximum atomic E-state index is 11.7. The Bertz CT molecular complexity index is 377. The lowest BCUT2D eigenvalue weighted by Gasteiger charge is -2.22. The van der Waals surface area contributed by atoms with Crippen molar-refractivity contribution in [2.75, 3.05) is 18.1 Å². The zero-order valence-corrected chi connectivity index (χ0v) is 12.6. The Balaban J connectivity index is 1.72. The summed E-state index contributed by atoms with van der Waals surface area (Å²) < 4.78 is 1.08. The van der Waals surface area contributed by atoms with Gasteiger partial charge in [-0.05, 0) is 27.4 Å². The first-order valence-electron chi connectivity index (χ1n) is 5.55. The zero-order chi connectivity index (χ0) is 12.1. The number of halogens is 1. The maximum absolute atomic E-state index is 11.7. The van der Waals surface area contributed by atoms with E-state index < -0.39 is 0 Å². The van der Waals surface area contributed by atoms with Crippen LogP contribution in [0.15, 0.2) is 15.9 Å². The van der Waals surface area contributed by atoms with E-state index in [1.165, 1.54) is 4.88 Å². The number of carbonyl (C=O) groups is 1. The van der Waals surface area contributed by atoms with Gasteiger partial charge in [0, 0.05) is 39.9 Å². The molecule has 2 heterocycles. The second kappa shape index (κ2) is 6.78. The molecule has 1 aromatic rings. The fourth-order valence-electron chi connectivity index (χ4n) is 1.68. The van der Waals surface area contributed by atoms with Gasteiger partial charge >= 0.3 is 0 Å². The molecule has 1 unspecified atom stereocenters. The van der Waals surface area contributed by atoms with Crippen LogP contribution in [0.4, 0.5) is 0 Å². The Morgan fingerprint density at radius 2 is 2.53 bits per heavy atom. The molecule has 17 heavy (non-hydrogen) atoms. The molecule has 2 N–H and O–H groups in total. The predicted molar refractivity (Wildman–Crippen MR) is 77.6 cm³/mol. The van der Waals surface area contributed by atoms with Crippen LogP contribution in [0.5, 0.6) is 0 Å². The number of hydrogen-bond donors (Lipinski definition) is 2. The van der Waals surface area contributed by atoms with Crippen LogP contribution in [0.25, 0.3) is 0 Å². The first kappa shape index (κ1) is 13.4. The number of rotatable bonds is 4. The summed E-state index contributed by atoms with van der Waals surface area (Å²) in [5, 5.41) is 8.35. The highest BCUT2D eigenvalue weighted by Crippen LogP contribution is 2.22. The Morgan fingerprint density at radius 1 is 1.65 bits per heavy atom. The molecule has 3 nitrogen and oxygen atoms in total. The second-order valence-corrected chi connectivity index (χ2v) is 6.90. The van der Waals surface area contributed by atoms with Gasteiger partial charge in [0.2, 0.25) is 5.91 Å². The topological polar surface area (TPSA) is 41.1 Å². The molecule has 1 fully saturated rings. The summed E-state index contributed by atoms with van der Waals surface area (Å²) in [5.41, 5.74) is 0. The molecule has 0 bridgehead atoms. The van der Waals surface area contributed by atoms with Crippen LogP contribution < -0.4 is 10.6 Å². The van der Waals surface area contributed by atoms with Crippen molar-refractivity contribution in [3.05, 3.63) is 20.8 Å². The van der Waals surface area contributed by atoms with Gasteiger partial charge in [-0.2, -0.15) is 11.8 Å². The monoisotopic (exact) mass is 334 g/mol. The Labute approximate surface area is 118 Å². The van der Waals surface area contributed by atoms with Crippen molar-refractivity contribution in [1.29, 1.82) is 0 Å². The van der Waals surface area contributed by atoms with Crippen molar-refractivity contribution in [3.63, 3.8) is 0 Å². The van der Waals surface area contributed by atoms with Crippen LogP contribution >= 0.6 is 39.0 Å². The van der Waals surface area contributed by atoms with Crippen LogP contribution in [-0.4, -0.2) is 30.0 Å². The first-order chi connectivity index (χ1) is 8.25. The van der Waals surface area contributed by atoms with Gasteiger partial charge in [0.25, 0.3) is 0 Å². The van der Waals surface area contributed by atoms with Crippen LogP contribution in [0, 0.1) is 0 Å².